The van der Waals surface area contributed by atoms with Crippen LogP contribution < -0.4 is 0 Å². The maximum atomic E-state index is 13.0. The quantitative estimate of drug-likeness (QED) is 0.686. The topological polar surface area (TPSA) is 55.7 Å². The number of hydrogen-bond donors (Lipinski definition) is 0. The summed E-state index contributed by atoms with van der Waals surface area (Å²) < 4.78 is 125. The Hall–Kier alpha value is -0.500. The van der Waals surface area contributed by atoms with Gasteiger partial charge in [-0.2, -0.15) is 34.8 Å². The molecule has 0 aliphatic carbocycles. The minimum atomic E-state index is -6.41. The van der Waals surface area contributed by atoms with Gasteiger partial charge in [0.15, 0.2) is 0 Å². The molecule has 0 fully saturated rings. The highest BCUT2D eigenvalue weighted by molar-refractivity contribution is 8.00. The van der Waals surface area contributed by atoms with E-state index >= 15 is 0 Å². The highest BCUT2D eigenvalue weighted by Crippen LogP contribution is 2.44. The van der Waals surface area contributed by atoms with Gasteiger partial charge in [0.25, 0.3) is 0 Å². The van der Waals surface area contributed by atoms with Crippen molar-refractivity contribution in [2.75, 3.05) is 12.5 Å². The van der Waals surface area contributed by atoms with E-state index in [9.17, 15) is 43.5 Å². The molecule has 122 valence electrons. The van der Waals surface area contributed by atoms with E-state index in [0.717, 1.165) is 12.5 Å². The molecule has 0 amide bonds. The fourth-order valence-electron chi connectivity index (χ4n) is 0.668. The van der Waals surface area contributed by atoms with E-state index < -0.39 is 44.6 Å². The van der Waals surface area contributed by atoms with Crippen LogP contribution in [-0.4, -0.2) is 44.8 Å². The molecule has 0 bridgehead atoms. The number of nitrogens with zero attached hydrogens (tertiary/aromatic N) is 1. The predicted molar refractivity (Wildman–Crippen MR) is 52.5 cm³/mol. The summed E-state index contributed by atoms with van der Waals surface area (Å²) in [5, 5.41) is -6.24. The lowest BCUT2D eigenvalue weighted by Crippen LogP contribution is -2.52. The minimum Gasteiger partial charge on any atom is -0.245 e. The molecule has 0 saturated heterocycles. The van der Waals surface area contributed by atoms with Gasteiger partial charge in [0.2, 0.25) is 0 Å². The molecule has 0 saturated carbocycles. The van der Waals surface area contributed by atoms with Gasteiger partial charge in [0.05, 0.1) is 0 Å². The highest BCUT2D eigenvalue weighted by atomic mass is 32.3. The van der Waals surface area contributed by atoms with Crippen molar-refractivity contribution in [2.45, 2.75) is 23.9 Å². The number of rotatable bonds is 6. The minimum absolute atomic E-state index is 0.945. The van der Waals surface area contributed by atoms with E-state index in [1.807, 2.05) is 4.74 Å². The first-order valence-electron chi connectivity index (χ1n) is 4.24. The van der Waals surface area contributed by atoms with Crippen molar-refractivity contribution in [2.24, 2.45) is 3.77 Å². The third-order valence-corrected chi connectivity index (χ3v) is 4.29. The summed E-state index contributed by atoms with van der Waals surface area (Å²) in [6, 6.07) is 0. The molecule has 0 aromatic heterocycles. The zero-order valence-corrected chi connectivity index (χ0v) is 11.2. The largest absolute Gasteiger partial charge is 0.456 e. The van der Waals surface area contributed by atoms with Gasteiger partial charge < -0.3 is 0 Å². The molecule has 0 aromatic carbocycles. The Morgan fingerprint density at radius 1 is 1.05 bits per heavy atom. The summed E-state index contributed by atoms with van der Waals surface area (Å²) in [7, 11) is -7.93. The first-order chi connectivity index (χ1) is 8.57. The van der Waals surface area contributed by atoms with Crippen LogP contribution in [0.5, 0.6) is 0 Å². The molecule has 0 aliphatic heterocycles. The van der Waals surface area contributed by atoms with Crippen LogP contribution in [0.3, 0.4) is 0 Å². The van der Waals surface area contributed by atoms with Crippen LogP contribution in [0.25, 0.3) is 0 Å². The summed E-state index contributed by atoms with van der Waals surface area (Å²) >= 11 is 0. The molecular weight excluding hydrogens is 350 g/mol. The summed E-state index contributed by atoms with van der Waals surface area (Å²) in [5.74, 6) is 0. The van der Waals surface area contributed by atoms with Gasteiger partial charge in [0.1, 0.15) is 0 Å². The Kier molecular flexibility index (Phi) is 5.57. The summed E-state index contributed by atoms with van der Waals surface area (Å²) in [4.78, 5) is 0. The van der Waals surface area contributed by atoms with Crippen molar-refractivity contribution in [3.8, 4) is 0 Å². The van der Waals surface area contributed by atoms with Crippen LogP contribution >= 0.6 is 0 Å². The van der Waals surface area contributed by atoms with Crippen LogP contribution in [0, 0.1) is 0 Å². The second-order valence-electron chi connectivity index (χ2n) is 3.32. The standard InChI is InChI=1S/C6H7F8NO3S2/c1-19(2)15-20(16,17)6(13,14)5(11,12)18-4(9,10)3(7)8/h3H,1-2H3. The molecule has 0 heterocycles. The number of ether oxygens (including phenoxy) is 1. The zero-order valence-electron chi connectivity index (χ0n) is 9.59. The Labute approximate surface area is 110 Å². The summed E-state index contributed by atoms with van der Waals surface area (Å²) in [5.41, 5.74) is 0. The van der Waals surface area contributed by atoms with Crippen molar-refractivity contribution in [3.05, 3.63) is 0 Å². The molecule has 0 rings (SSSR count). The first-order valence-corrected chi connectivity index (χ1v) is 7.67. The van der Waals surface area contributed by atoms with Crippen molar-refractivity contribution in [3.63, 3.8) is 0 Å². The van der Waals surface area contributed by atoms with E-state index in [2.05, 4.69) is 3.77 Å². The lowest BCUT2D eigenvalue weighted by Gasteiger charge is -2.27. The van der Waals surface area contributed by atoms with Crippen LogP contribution in [0.2, 0.25) is 0 Å². The van der Waals surface area contributed by atoms with Gasteiger partial charge in [-0.1, -0.05) is 10.7 Å². The van der Waals surface area contributed by atoms with Crippen molar-refractivity contribution >= 4 is 20.7 Å². The SMILES string of the molecule is CS(C)=NS(=O)(=O)C(F)(F)C(F)(F)OC(F)(F)C(F)F. The van der Waals surface area contributed by atoms with Gasteiger partial charge in [-0.05, 0) is 12.5 Å². The second-order valence-corrected chi connectivity index (χ2v) is 6.93. The van der Waals surface area contributed by atoms with Crippen molar-refractivity contribution in [1.82, 2.24) is 0 Å². The number of hydrogen-bond acceptors (Lipinski definition) is 3. The van der Waals surface area contributed by atoms with E-state index in [0.29, 0.717) is 0 Å². The lowest BCUT2D eigenvalue weighted by molar-refractivity contribution is -0.435. The summed E-state index contributed by atoms with van der Waals surface area (Å²) in [6.45, 7) is 0. The average molecular weight is 357 g/mol. The number of halogens is 8. The van der Waals surface area contributed by atoms with E-state index in [1.54, 1.807) is 0 Å². The molecule has 0 aliphatic rings. The fraction of sp³-hybridized carbons (Fsp3) is 1.00. The Balaban J connectivity index is 5.66. The zero-order chi connectivity index (χ0) is 16.6. The molecule has 14 heteroatoms. The molecule has 0 unspecified atom stereocenters. The highest BCUT2D eigenvalue weighted by Gasteiger charge is 2.71. The molecule has 0 atom stereocenters. The normalized spacial score (nSPS) is 15.0. The molecule has 0 radical (unpaired) electrons. The Morgan fingerprint density at radius 2 is 1.45 bits per heavy atom. The van der Waals surface area contributed by atoms with Crippen LogP contribution in [0.15, 0.2) is 3.77 Å². The lowest BCUT2D eigenvalue weighted by atomic mass is 10.6. The molecule has 0 spiro atoms. The Morgan fingerprint density at radius 3 is 1.75 bits per heavy atom. The van der Waals surface area contributed by atoms with Crippen LogP contribution in [0.4, 0.5) is 35.1 Å². The van der Waals surface area contributed by atoms with Gasteiger partial charge in [-0.15, -0.1) is 3.77 Å². The van der Waals surface area contributed by atoms with E-state index in [4.69, 9.17) is 0 Å². The molecule has 20 heavy (non-hydrogen) atoms. The molecule has 0 N–H and O–H groups in total. The van der Waals surface area contributed by atoms with E-state index in [-0.39, 0.29) is 0 Å². The molecular formula is C6H7F8NO3S2. The molecule has 0 aromatic rings. The third kappa shape index (κ3) is 4.00. The monoisotopic (exact) mass is 357 g/mol. The number of alkyl halides is 8. The fourth-order valence-corrected chi connectivity index (χ4v) is 2.95. The number of sulfonamides is 1. The van der Waals surface area contributed by atoms with Crippen LogP contribution in [0.1, 0.15) is 0 Å². The third-order valence-electron chi connectivity index (χ3n) is 1.43. The first kappa shape index (κ1) is 19.5. The van der Waals surface area contributed by atoms with Gasteiger partial charge in [0, 0.05) is 0 Å². The predicted octanol–water partition coefficient (Wildman–Crippen LogP) is 2.44. The van der Waals surface area contributed by atoms with Gasteiger partial charge in [-0.3, -0.25) is 0 Å². The van der Waals surface area contributed by atoms with Gasteiger partial charge in [-0.25, -0.2) is 13.5 Å². The van der Waals surface area contributed by atoms with Crippen LogP contribution in [-0.2, 0) is 25.5 Å². The van der Waals surface area contributed by atoms with Crippen molar-refractivity contribution < 1.29 is 48.3 Å². The van der Waals surface area contributed by atoms with Gasteiger partial charge >= 0.3 is 33.9 Å². The Bertz CT molecular complexity index is 484. The molecule has 4 nitrogen and oxygen atoms in total. The van der Waals surface area contributed by atoms with Crippen molar-refractivity contribution in [1.29, 1.82) is 0 Å². The summed E-state index contributed by atoms with van der Waals surface area (Å²) in [6.07, 6.45) is -15.4. The smallest absolute Gasteiger partial charge is 0.245 e. The maximum Gasteiger partial charge on any atom is 0.456 e. The average Bonchev–Trinajstić information content (AvgIpc) is 2.12. The maximum absolute atomic E-state index is 13.0. The second kappa shape index (κ2) is 5.71. The van der Waals surface area contributed by atoms with E-state index in [1.165, 1.54) is 0 Å².